The van der Waals surface area contributed by atoms with E-state index < -0.39 is 0 Å². The van der Waals surface area contributed by atoms with Crippen molar-refractivity contribution in [1.29, 1.82) is 0 Å². The molecule has 118 valence electrons. The maximum Gasteiger partial charge on any atom is 0.277 e. The monoisotopic (exact) mass is 311 g/mol. The fraction of sp³-hybridized carbons (Fsp3) is 0.250. The summed E-state index contributed by atoms with van der Waals surface area (Å²) in [7, 11) is 1.82. The van der Waals surface area contributed by atoms with Gasteiger partial charge in [0, 0.05) is 31.2 Å². The van der Waals surface area contributed by atoms with E-state index in [1.54, 1.807) is 35.4 Å². The summed E-state index contributed by atoms with van der Waals surface area (Å²) in [4.78, 5) is 20.5. The minimum absolute atomic E-state index is 0.205. The molecule has 3 aromatic rings. The van der Waals surface area contributed by atoms with E-state index in [2.05, 4.69) is 20.4 Å². The first-order chi connectivity index (χ1) is 11.0. The molecule has 0 aliphatic heterocycles. The van der Waals surface area contributed by atoms with Crippen molar-refractivity contribution in [3.05, 3.63) is 48.4 Å². The van der Waals surface area contributed by atoms with Gasteiger partial charge < -0.3 is 9.73 Å². The van der Waals surface area contributed by atoms with E-state index in [9.17, 15) is 4.79 Å². The molecule has 23 heavy (non-hydrogen) atoms. The number of nitrogens with one attached hydrogen (secondary N) is 1. The Morgan fingerprint density at radius 3 is 2.74 bits per heavy atom. The highest BCUT2D eigenvalue weighted by atomic mass is 16.3. The van der Waals surface area contributed by atoms with Crippen LogP contribution in [0.25, 0.3) is 11.5 Å². The van der Waals surface area contributed by atoms with E-state index in [1.165, 1.54) is 6.26 Å². The van der Waals surface area contributed by atoms with Gasteiger partial charge in [0.25, 0.3) is 5.91 Å². The topological polar surface area (TPSA) is 85.8 Å². The molecule has 3 heterocycles. The van der Waals surface area contributed by atoms with Gasteiger partial charge in [0.2, 0.25) is 5.89 Å². The molecule has 0 radical (unpaired) electrons. The predicted octanol–water partition coefficient (Wildman–Crippen LogP) is 2.85. The highest BCUT2D eigenvalue weighted by Crippen LogP contribution is 2.23. The number of pyridine rings is 1. The van der Waals surface area contributed by atoms with Crippen molar-refractivity contribution in [2.24, 2.45) is 7.05 Å². The first-order valence-corrected chi connectivity index (χ1v) is 7.25. The number of hydrogen-bond acceptors (Lipinski definition) is 5. The van der Waals surface area contributed by atoms with Gasteiger partial charge in [-0.2, -0.15) is 5.10 Å². The summed E-state index contributed by atoms with van der Waals surface area (Å²) < 4.78 is 7.05. The Balaban J connectivity index is 1.81. The average Bonchev–Trinajstić information content (AvgIpc) is 3.15. The first kappa shape index (κ1) is 15.0. The molecule has 1 amide bonds. The molecule has 3 rings (SSSR count). The summed E-state index contributed by atoms with van der Waals surface area (Å²) in [6.07, 6.45) is 6.40. The van der Waals surface area contributed by atoms with Crippen LogP contribution in [-0.2, 0) is 7.05 Å². The fourth-order valence-corrected chi connectivity index (χ4v) is 2.22. The second kappa shape index (κ2) is 6.04. The Bertz CT molecular complexity index is 820. The third kappa shape index (κ3) is 3.13. The summed E-state index contributed by atoms with van der Waals surface area (Å²) in [5.74, 6) is 0.257. The maximum absolute atomic E-state index is 12.4. The van der Waals surface area contributed by atoms with Gasteiger partial charge in [0.1, 0.15) is 6.26 Å². The molecule has 0 saturated heterocycles. The van der Waals surface area contributed by atoms with Crippen molar-refractivity contribution in [3.63, 3.8) is 0 Å². The zero-order valence-corrected chi connectivity index (χ0v) is 13.1. The number of aryl methyl sites for hydroxylation is 1. The molecule has 7 heteroatoms. The molecule has 0 aliphatic rings. The molecule has 0 fully saturated rings. The van der Waals surface area contributed by atoms with Gasteiger partial charge in [-0.15, -0.1) is 0 Å². The van der Waals surface area contributed by atoms with Gasteiger partial charge in [-0.1, -0.05) is 13.8 Å². The molecule has 1 N–H and O–H groups in total. The van der Waals surface area contributed by atoms with E-state index >= 15 is 0 Å². The predicted molar refractivity (Wildman–Crippen MR) is 85.0 cm³/mol. The Kier molecular flexibility index (Phi) is 3.92. The smallest absolute Gasteiger partial charge is 0.277 e. The summed E-state index contributed by atoms with van der Waals surface area (Å²) >= 11 is 0. The molecule has 0 saturated carbocycles. The molecule has 0 aliphatic carbocycles. The van der Waals surface area contributed by atoms with Gasteiger partial charge in [0.15, 0.2) is 5.69 Å². The lowest BCUT2D eigenvalue weighted by Crippen LogP contribution is -2.13. The van der Waals surface area contributed by atoms with Crippen LogP contribution in [0.5, 0.6) is 0 Å². The Hall–Kier alpha value is -2.96. The molecule has 0 bridgehead atoms. The van der Waals surface area contributed by atoms with Crippen LogP contribution in [0.15, 0.2) is 41.4 Å². The van der Waals surface area contributed by atoms with E-state index in [4.69, 9.17) is 4.42 Å². The van der Waals surface area contributed by atoms with Crippen molar-refractivity contribution in [2.45, 2.75) is 19.8 Å². The number of carbonyl (C=O) groups excluding carboxylic acids is 1. The van der Waals surface area contributed by atoms with Crippen molar-refractivity contribution in [3.8, 4) is 11.5 Å². The van der Waals surface area contributed by atoms with E-state index in [-0.39, 0.29) is 17.5 Å². The number of nitrogens with zero attached hydrogens (tertiary/aromatic N) is 4. The van der Waals surface area contributed by atoms with E-state index in [1.807, 2.05) is 20.9 Å². The lowest BCUT2D eigenvalue weighted by molar-refractivity contribution is 0.102. The quantitative estimate of drug-likeness (QED) is 0.800. The SMILES string of the molecule is CC(C)c1nn(C)cc1NC(=O)c1coc(-c2ccncc2)n1. The van der Waals surface area contributed by atoms with E-state index in [0.717, 1.165) is 11.3 Å². The van der Waals surface area contributed by atoms with Gasteiger partial charge >= 0.3 is 0 Å². The Labute approximate surface area is 133 Å². The van der Waals surface area contributed by atoms with Crippen molar-refractivity contribution < 1.29 is 9.21 Å². The molecule has 0 unspecified atom stereocenters. The van der Waals surface area contributed by atoms with Crippen LogP contribution in [-0.4, -0.2) is 25.7 Å². The van der Waals surface area contributed by atoms with Gasteiger partial charge in [0.05, 0.1) is 11.4 Å². The average molecular weight is 311 g/mol. The van der Waals surface area contributed by atoms with Crippen LogP contribution >= 0.6 is 0 Å². The molecule has 3 aromatic heterocycles. The summed E-state index contributed by atoms with van der Waals surface area (Å²) in [5.41, 5.74) is 2.50. The van der Waals surface area contributed by atoms with Gasteiger partial charge in [-0.25, -0.2) is 4.98 Å². The number of oxazole rings is 1. The zero-order chi connectivity index (χ0) is 16.4. The van der Waals surface area contributed by atoms with Crippen LogP contribution in [0.2, 0.25) is 0 Å². The lowest BCUT2D eigenvalue weighted by atomic mass is 10.1. The highest BCUT2D eigenvalue weighted by molar-refractivity contribution is 6.03. The number of amides is 1. The minimum Gasteiger partial charge on any atom is -0.444 e. The second-order valence-electron chi connectivity index (χ2n) is 5.48. The normalized spacial score (nSPS) is 11.0. The molecule has 0 atom stereocenters. The van der Waals surface area contributed by atoms with Gasteiger partial charge in [-0.05, 0) is 18.1 Å². The molecule has 0 aromatic carbocycles. The molecular weight excluding hydrogens is 294 g/mol. The van der Waals surface area contributed by atoms with Crippen molar-refractivity contribution in [2.75, 3.05) is 5.32 Å². The number of carbonyl (C=O) groups is 1. The van der Waals surface area contributed by atoms with Crippen molar-refractivity contribution >= 4 is 11.6 Å². The van der Waals surface area contributed by atoms with Crippen molar-refractivity contribution in [1.82, 2.24) is 19.7 Å². The standard InChI is InChI=1S/C16H17N5O2/c1-10(2)14-12(8-21(3)20-14)18-15(22)13-9-23-16(19-13)11-4-6-17-7-5-11/h4-10H,1-3H3,(H,18,22). The fourth-order valence-electron chi connectivity index (χ4n) is 2.22. The van der Waals surface area contributed by atoms with E-state index in [0.29, 0.717) is 11.6 Å². The maximum atomic E-state index is 12.4. The lowest BCUT2D eigenvalue weighted by Gasteiger charge is -2.05. The summed E-state index contributed by atoms with van der Waals surface area (Å²) in [6, 6.07) is 3.54. The number of rotatable bonds is 4. The van der Waals surface area contributed by atoms with Crippen LogP contribution in [0.3, 0.4) is 0 Å². The number of aromatic nitrogens is 4. The highest BCUT2D eigenvalue weighted by Gasteiger charge is 2.18. The second-order valence-corrected chi connectivity index (χ2v) is 5.48. The zero-order valence-electron chi connectivity index (χ0n) is 13.1. The number of anilines is 1. The Morgan fingerprint density at radius 1 is 1.30 bits per heavy atom. The minimum atomic E-state index is -0.330. The molecule has 7 nitrogen and oxygen atoms in total. The molecular formula is C16H17N5O2. The number of hydrogen-bond donors (Lipinski definition) is 1. The summed E-state index contributed by atoms with van der Waals surface area (Å²) in [5, 5.41) is 7.20. The van der Waals surface area contributed by atoms with Crippen LogP contribution in [0.1, 0.15) is 35.9 Å². The largest absolute Gasteiger partial charge is 0.444 e. The summed E-state index contributed by atoms with van der Waals surface area (Å²) in [6.45, 7) is 4.05. The van der Waals surface area contributed by atoms with Crippen LogP contribution < -0.4 is 5.32 Å². The van der Waals surface area contributed by atoms with Crippen LogP contribution in [0.4, 0.5) is 5.69 Å². The van der Waals surface area contributed by atoms with Gasteiger partial charge in [-0.3, -0.25) is 14.5 Å². The third-order valence-electron chi connectivity index (χ3n) is 3.32. The van der Waals surface area contributed by atoms with Crippen LogP contribution in [0, 0.1) is 0 Å². The third-order valence-corrected chi connectivity index (χ3v) is 3.32. The first-order valence-electron chi connectivity index (χ1n) is 7.25. The molecule has 0 spiro atoms. The Morgan fingerprint density at radius 2 is 2.04 bits per heavy atom.